The third kappa shape index (κ3) is 6.30. The van der Waals surface area contributed by atoms with Gasteiger partial charge in [0.2, 0.25) is 5.91 Å². The number of amides is 2. The van der Waals surface area contributed by atoms with Crippen molar-refractivity contribution in [3.63, 3.8) is 0 Å². The molecule has 0 fully saturated rings. The van der Waals surface area contributed by atoms with Crippen LogP contribution in [0.25, 0.3) is 0 Å². The molecule has 2 aromatic rings. The number of ether oxygens (including phenoxy) is 2. The lowest BCUT2D eigenvalue weighted by molar-refractivity contribution is -0.115. The van der Waals surface area contributed by atoms with Crippen LogP contribution in [-0.4, -0.2) is 31.6 Å². The molecule has 0 unspecified atom stereocenters. The van der Waals surface area contributed by atoms with Gasteiger partial charge in [0.15, 0.2) is 11.5 Å². The molecular weight excluding hydrogens is 356 g/mol. The predicted octanol–water partition coefficient (Wildman–Crippen LogP) is 3.94. The fraction of sp³-hybridized carbons (Fsp3) is 0.364. The number of benzene rings is 2. The van der Waals surface area contributed by atoms with Gasteiger partial charge in [0, 0.05) is 17.3 Å². The van der Waals surface area contributed by atoms with Crippen molar-refractivity contribution in [1.29, 1.82) is 0 Å². The average molecular weight is 384 g/mol. The first-order valence-electron chi connectivity index (χ1n) is 9.58. The van der Waals surface area contributed by atoms with Gasteiger partial charge in [-0.2, -0.15) is 0 Å². The number of nitrogens with one attached hydrogen (secondary N) is 2. The highest BCUT2D eigenvalue weighted by atomic mass is 16.5. The maximum atomic E-state index is 12.2. The van der Waals surface area contributed by atoms with Crippen LogP contribution in [-0.2, 0) is 4.79 Å². The second-order valence-electron chi connectivity index (χ2n) is 6.40. The van der Waals surface area contributed by atoms with Gasteiger partial charge in [-0.15, -0.1) is 0 Å². The zero-order valence-corrected chi connectivity index (χ0v) is 16.7. The largest absolute Gasteiger partial charge is 0.490 e. The van der Waals surface area contributed by atoms with Crippen LogP contribution in [0, 0.1) is 6.92 Å². The summed E-state index contributed by atoms with van der Waals surface area (Å²) in [5.41, 5.74) is 2.01. The number of rotatable bonds is 10. The Hall–Kier alpha value is -3.02. The van der Waals surface area contributed by atoms with Gasteiger partial charge < -0.3 is 20.1 Å². The molecular formula is C22H28N2O4. The number of carbonyl (C=O) groups is 2. The molecule has 6 heteroatoms. The van der Waals surface area contributed by atoms with Gasteiger partial charge in [-0.25, -0.2) is 0 Å². The first-order chi connectivity index (χ1) is 13.5. The first kappa shape index (κ1) is 21.3. The van der Waals surface area contributed by atoms with E-state index >= 15 is 0 Å². The fourth-order valence-electron chi connectivity index (χ4n) is 2.53. The van der Waals surface area contributed by atoms with Gasteiger partial charge >= 0.3 is 0 Å². The van der Waals surface area contributed by atoms with E-state index < -0.39 is 0 Å². The van der Waals surface area contributed by atoms with Crippen molar-refractivity contribution >= 4 is 17.5 Å². The van der Waals surface area contributed by atoms with Crippen molar-refractivity contribution in [2.24, 2.45) is 0 Å². The van der Waals surface area contributed by atoms with Crippen molar-refractivity contribution in [3.05, 3.63) is 53.6 Å². The monoisotopic (exact) mass is 384 g/mol. The lowest BCUT2D eigenvalue weighted by atomic mass is 10.1. The Bertz CT molecular complexity index is 805. The Morgan fingerprint density at radius 2 is 1.61 bits per heavy atom. The molecule has 0 aliphatic carbocycles. The summed E-state index contributed by atoms with van der Waals surface area (Å²) in [7, 11) is 0. The Labute approximate surface area is 166 Å². The second-order valence-corrected chi connectivity index (χ2v) is 6.40. The summed E-state index contributed by atoms with van der Waals surface area (Å²) in [6, 6.07) is 12.5. The average Bonchev–Trinajstić information content (AvgIpc) is 2.70. The minimum absolute atomic E-state index is 0.119. The maximum absolute atomic E-state index is 12.2. The van der Waals surface area contributed by atoms with Gasteiger partial charge in [0.05, 0.1) is 19.8 Å². The van der Waals surface area contributed by atoms with E-state index in [9.17, 15) is 9.59 Å². The van der Waals surface area contributed by atoms with Crippen molar-refractivity contribution in [2.45, 2.75) is 33.6 Å². The highest BCUT2D eigenvalue weighted by Crippen LogP contribution is 2.30. The maximum Gasteiger partial charge on any atom is 0.251 e. The summed E-state index contributed by atoms with van der Waals surface area (Å²) < 4.78 is 11.4. The van der Waals surface area contributed by atoms with Crippen LogP contribution in [0.4, 0.5) is 5.69 Å². The third-order valence-electron chi connectivity index (χ3n) is 3.95. The van der Waals surface area contributed by atoms with E-state index in [0.29, 0.717) is 36.0 Å². The molecule has 0 saturated carbocycles. The van der Waals surface area contributed by atoms with Crippen LogP contribution in [0.5, 0.6) is 11.5 Å². The standard InChI is InChI=1S/C22H28N2O4/c1-4-12-27-19-11-10-17(14-20(19)28-13-5-2)24-21(25)15-23-22(26)18-9-7-6-8-16(18)3/h6-11,14H,4-5,12-13,15H2,1-3H3,(H,23,26)(H,24,25). The van der Waals surface area contributed by atoms with Crippen LogP contribution < -0.4 is 20.1 Å². The van der Waals surface area contributed by atoms with Gasteiger partial charge in [-0.1, -0.05) is 32.0 Å². The van der Waals surface area contributed by atoms with Crippen LogP contribution in [0.2, 0.25) is 0 Å². The molecule has 28 heavy (non-hydrogen) atoms. The van der Waals surface area contributed by atoms with Crippen molar-refractivity contribution in [3.8, 4) is 11.5 Å². The van der Waals surface area contributed by atoms with Crippen LogP contribution in [0.15, 0.2) is 42.5 Å². The van der Waals surface area contributed by atoms with E-state index in [1.807, 2.05) is 32.9 Å². The fourth-order valence-corrected chi connectivity index (χ4v) is 2.53. The number of hydrogen-bond donors (Lipinski definition) is 2. The van der Waals surface area contributed by atoms with E-state index in [0.717, 1.165) is 18.4 Å². The number of anilines is 1. The molecule has 0 aliphatic rings. The van der Waals surface area contributed by atoms with E-state index in [1.54, 1.807) is 30.3 Å². The van der Waals surface area contributed by atoms with Crippen molar-refractivity contribution < 1.29 is 19.1 Å². The Kier molecular flexibility index (Phi) is 8.34. The van der Waals surface area contributed by atoms with Crippen LogP contribution in [0.3, 0.4) is 0 Å². The molecule has 150 valence electrons. The van der Waals surface area contributed by atoms with E-state index in [4.69, 9.17) is 9.47 Å². The molecule has 2 N–H and O–H groups in total. The summed E-state index contributed by atoms with van der Waals surface area (Å²) in [5.74, 6) is 0.660. The molecule has 0 spiro atoms. The van der Waals surface area contributed by atoms with E-state index in [-0.39, 0.29) is 18.4 Å². The number of hydrogen-bond acceptors (Lipinski definition) is 4. The van der Waals surface area contributed by atoms with Gasteiger partial charge in [0.1, 0.15) is 0 Å². The lowest BCUT2D eigenvalue weighted by Crippen LogP contribution is -2.33. The summed E-state index contributed by atoms with van der Waals surface area (Å²) in [6.45, 7) is 6.95. The Morgan fingerprint density at radius 1 is 0.929 bits per heavy atom. The zero-order valence-electron chi connectivity index (χ0n) is 16.7. The summed E-state index contributed by atoms with van der Waals surface area (Å²) in [5, 5.41) is 5.42. The Morgan fingerprint density at radius 3 is 2.29 bits per heavy atom. The molecule has 2 amide bonds. The molecule has 0 atom stereocenters. The minimum atomic E-state index is -0.314. The topological polar surface area (TPSA) is 76.7 Å². The Balaban J connectivity index is 1.96. The molecule has 0 radical (unpaired) electrons. The molecule has 0 heterocycles. The summed E-state index contributed by atoms with van der Waals surface area (Å²) in [6.07, 6.45) is 1.76. The van der Waals surface area contributed by atoms with Crippen LogP contribution in [0.1, 0.15) is 42.6 Å². The molecule has 6 nitrogen and oxygen atoms in total. The molecule has 0 bridgehead atoms. The molecule has 2 rings (SSSR count). The third-order valence-corrected chi connectivity index (χ3v) is 3.95. The van der Waals surface area contributed by atoms with E-state index in [1.165, 1.54) is 0 Å². The number of carbonyl (C=O) groups excluding carboxylic acids is 2. The SMILES string of the molecule is CCCOc1ccc(NC(=O)CNC(=O)c2ccccc2C)cc1OCCC. The van der Waals surface area contributed by atoms with Gasteiger partial charge in [-0.3, -0.25) is 9.59 Å². The lowest BCUT2D eigenvalue weighted by Gasteiger charge is -2.14. The van der Waals surface area contributed by atoms with Crippen molar-refractivity contribution in [1.82, 2.24) is 5.32 Å². The molecule has 0 aliphatic heterocycles. The summed E-state index contributed by atoms with van der Waals surface area (Å²) >= 11 is 0. The second kappa shape index (κ2) is 11.0. The first-order valence-corrected chi connectivity index (χ1v) is 9.58. The highest BCUT2D eigenvalue weighted by Gasteiger charge is 2.12. The molecule has 0 aromatic heterocycles. The zero-order chi connectivity index (χ0) is 20.4. The van der Waals surface area contributed by atoms with Gasteiger partial charge in [-0.05, 0) is 43.5 Å². The smallest absolute Gasteiger partial charge is 0.251 e. The van der Waals surface area contributed by atoms with Crippen LogP contribution >= 0.6 is 0 Å². The summed E-state index contributed by atoms with van der Waals surface area (Å²) in [4.78, 5) is 24.4. The highest BCUT2D eigenvalue weighted by molar-refractivity contribution is 6.00. The van der Waals surface area contributed by atoms with Gasteiger partial charge in [0.25, 0.3) is 5.91 Å². The quantitative estimate of drug-likeness (QED) is 0.650. The minimum Gasteiger partial charge on any atom is -0.490 e. The normalized spacial score (nSPS) is 10.2. The molecule has 0 saturated heterocycles. The van der Waals surface area contributed by atoms with Crippen molar-refractivity contribution in [2.75, 3.05) is 25.1 Å². The predicted molar refractivity (Wildman–Crippen MR) is 110 cm³/mol. The number of aryl methyl sites for hydroxylation is 1. The molecule has 2 aromatic carbocycles. The van der Waals surface area contributed by atoms with E-state index in [2.05, 4.69) is 10.6 Å².